The summed E-state index contributed by atoms with van der Waals surface area (Å²) >= 11 is 0. The fourth-order valence-electron chi connectivity index (χ4n) is 3.89. The Balaban J connectivity index is 0.000000191. The maximum atomic E-state index is 8.65. The molecule has 0 amide bonds. The van der Waals surface area contributed by atoms with Crippen molar-refractivity contribution in [3.63, 3.8) is 0 Å². The van der Waals surface area contributed by atoms with Gasteiger partial charge in [-0.1, -0.05) is 46.7 Å². The van der Waals surface area contributed by atoms with Crippen LogP contribution in [0.5, 0.6) is 11.5 Å². The Morgan fingerprint density at radius 2 is 0.941 bits per heavy atom. The van der Waals surface area contributed by atoms with Gasteiger partial charge in [0.1, 0.15) is 24.7 Å². The molecule has 0 radical (unpaired) electrons. The summed E-state index contributed by atoms with van der Waals surface area (Å²) in [5.74, 6) is 1.84. The Labute approximate surface area is 202 Å². The maximum Gasteiger partial charge on any atom is 0.119 e. The lowest BCUT2D eigenvalue weighted by Crippen LogP contribution is -2.36. The second kappa shape index (κ2) is 14.9. The van der Waals surface area contributed by atoms with Crippen molar-refractivity contribution in [3.05, 3.63) is 60.7 Å². The van der Waals surface area contributed by atoms with Gasteiger partial charge in [-0.25, -0.2) is 0 Å². The highest BCUT2D eigenvalue weighted by Crippen LogP contribution is 2.11. The van der Waals surface area contributed by atoms with Gasteiger partial charge in [-0.3, -0.25) is 9.80 Å². The Bertz CT molecular complexity index is 783. The number of para-hydroxylation sites is 2. The average molecular weight is 469 g/mol. The lowest BCUT2D eigenvalue weighted by molar-refractivity contribution is 0.206. The van der Waals surface area contributed by atoms with E-state index in [4.69, 9.17) is 19.9 Å². The van der Waals surface area contributed by atoms with Crippen LogP contribution in [0.4, 0.5) is 0 Å². The molecule has 0 aliphatic carbocycles. The van der Waals surface area contributed by atoms with Crippen LogP contribution in [0.25, 0.3) is 0 Å². The van der Waals surface area contributed by atoms with Crippen molar-refractivity contribution in [3.8, 4) is 11.5 Å². The minimum absolute atomic E-state index is 0.704. The number of likely N-dealkylation sites (tertiary alicyclic amines) is 2. The fourth-order valence-corrected chi connectivity index (χ4v) is 3.89. The van der Waals surface area contributed by atoms with Crippen molar-refractivity contribution < 1.29 is 19.9 Å². The van der Waals surface area contributed by atoms with Gasteiger partial charge < -0.3 is 19.9 Å². The lowest BCUT2D eigenvalue weighted by Gasteiger charge is -2.26. The van der Waals surface area contributed by atoms with E-state index in [-0.39, 0.29) is 0 Å². The van der Waals surface area contributed by atoms with E-state index in [0.717, 1.165) is 87.9 Å². The predicted molar refractivity (Wildman–Crippen MR) is 134 cm³/mol. The second-order valence-electron chi connectivity index (χ2n) is 8.34. The van der Waals surface area contributed by atoms with Crippen LogP contribution < -0.4 is 9.47 Å². The molecule has 2 fully saturated rings. The molecule has 0 atom stereocenters. The Kier molecular flexibility index (Phi) is 11.2. The fraction of sp³-hybridized carbons (Fsp3) is 0.462. The monoisotopic (exact) mass is 468 g/mol. The molecule has 2 saturated heterocycles. The zero-order chi connectivity index (χ0) is 23.8. The van der Waals surface area contributed by atoms with E-state index >= 15 is 0 Å². The van der Waals surface area contributed by atoms with E-state index in [1.807, 2.05) is 60.7 Å². The molecule has 0 aromatic heterocycles. The zero-order valence-electron chi connectivity index (χ0n) is 19.8. The van der Waals surface area contributed by atoms with Crippen molar-refractivity contribution >= 4 is 11.4 Å². The SMILES string of the molecule is ON=C1CCN(CCOc2ccccc2)CC1.ON=C1CCN(CCOc2ccccc2)CC1. The third-order valence-corrected chi connectivity index (χ3v) is 5.99. The minimum Gasteiger partial charge on any atom is -0.492 e. The summed E-state index contributed by atoms with van der Waals surface area (Å²) in [7, 11) is 0. The third kappa shape index (κ3) is 9.41. The molecule has 8 nitrogen and oxygen atoms in total. The van der Waals surface area contributed by atoms with Crippen LogP contribution in [0.2, 0.25) is 0 Å². The van der Waals surface area contributed by atoms with Crippen LogP contribution in [0, 0.1) is 0 Å². The molecular formula is C26H36N4O4. The molecule has 2 aromatic carbocycles. The largest absolute Gasteiger partial charge is 0.492 e. The van der Waals surface area contributed by atoms with Crippen LogP contribution in [-0.2, 0) is 0 Å². The number of oxime groups is 2. The van der Waals surface area contributed by atoms with Crippen molar-refractivity contribution in [1.82, 2.24) is 9.80 Å². The topological polar surface area (TPSA) is 90.1 Å². The maximum absolute atomic E-state index is 8.65. The Morgan fingerprint density at radius 1 is 0.588 bits per heavy atom. The number of benzene rings is 2. The highest BCUT2D eigenvalue weighted by atomic mass is 16.5. The highest BCUT2D eigenvalue weighted by Gasteiger charge is 2.15. The van der Waals surface area contributed by atoms with Crippen LogP contribution in [-0.4, -0.2) is 84.1 Å². The van der Waals surface area contributed by atoms with Crippen molar-refractivity contribution in [2.45, 2.75) is 25.7 Å². The molecule has 184 valence electrons. The number of rotatable bonds is 8. The lowest BCUT2D eigenvalue weighted by atomic mass is 10.1. The van der Waals surface area contributed by atoms with Crippen molar-refractivity contribution in [2.75, 3.05) is 52.5 Å². The van der Waals surface area contributed by atoms with E-state index in [1.54, 1.807) is 0 Å². The third-order valence-electron chi connectivity index (χ3n) is 5.99. The normalized spacial score (nSPS) is 16.8. The molecule has 0 unspecified atom stereocenters. The minimum atomic E-state index is 0.704. The van der Waals surface area contributed by atoms with Gasteiger partial charge in [0.15, 0.2) is 0 Å². The molecule has 2 aliphatic heterocycles. The number of nitrogens with zero attached hydrogens (tertiary/aromatic N) is 4. The van der Waals surface area contributed by atoms with Crippen molar-refractivity contribution in [2.24, 2.45) is 10.3 Å². The molecule has 0 saturated carbocycles. The first kappa shape index (κ1) is 25.5. The molecule has 2 heterocycles. The molecule has 4 rings (SSSR count). The van der Waals surface area contributed by atoms with Crippen LogP contribution in [0.3, 0.4) is 0 Å². The first-order valence-corrected chi connectivity index (χ1v) is 12.0. The summed E-state index contributed by atoms with van der Waals surface area (Å²) in [5, 5.41) is 23.8. The molecule has 8 heteroatoms. The van der Waals surface area contributed by atoms with Gasteiger partial charge in [0.2, 0.25) is 0 Å². The van der Waals surface area contributed by atoms with Gasteiger partial charge in [-0.05, 0) is 24.3 Å². The van der Waals surface area contributed by atoms with Crippen LogP contribution >= 0.6 is 0 Å². The average Bonchev–Trinajstić information content (AvgIpc) is 2.91. The number of hydrogen-bond acceptors (Lipinski definition) is 8. The summed E-state index contributed by atoms with van der Waals surface area (Å²) in [4.78, 5) is 4.66. The summed E-state index contributed by atoms with van der Waals surface area (Å²) in [6.07, 6.45) is 3.45. The van der Waals surface area contributed by atoms with Gasteiger partial charge in [-0.2, -0.15) is 0 Å². The zero-order valence-corrected chi connectivity index (χ0v) is 19.8. The van der Waals surface area contributed by atoms with Gasteiger partial charge in [0, 0.05) is 65.0 Å². The summed E-state index contributed by atoms with van der Waals surface area (Å²) in [6.45, 7) is 7.08. The molecule has 0 bridgehead atoms. The molecule has 34 heavy (non-hydrogen) atoms. The standard InChI is InChI=1S/2C13H18N2O2/c2*16-14-12-6-8-15(9-7-12)10-11-17-13-4-2-1-3-5-13/h2*1-5,16H,6-11H2. The quantitative estimate of drug-likeness (QED) is 0.450. The molecule has 2 aromatic rings. The van der Waals surface area contributed by atoms with E-state index < -0.39 is 0 Å². The summed E-state index contributed by atoms with van der Waals surface area (Å²) in [5.41, 5.74) is 1.82. The van der Waals surface area contributed by atoms with Gasteiger partial charge in [0.25, 0.3) is 0 Å². The van der Waals surface area contributed by atoms with Gasteiger partial charge in [-0.15, -0.1) is 0 Å². The number of piperidine rings is 2. The molecule has 2 N–H and O–H groups in total. The van der Waals surface area contributed by atoms with Crippen molar-refractivity contribution in [1.29, 1.82) is 0 Å². The van der Waals surface area contributed by atoms with E-state index in [1.165, 1.54) is 0 Å². The Morgan fingerprint density at radius 3 is 1.26 bits per heavy atom. The first-order valence-electron chi connectivity index (χ1n) is 12.0. The van der Waals surface area contributed by atoms with Gasteiger partial charge >= 0.3 is 0 Å². The predicted octanol–water partition coefficient (Wildman–Crippen LogP) is 3.98. The van der Waals surface area contributed by atoms with Gasteiger partial charge in [0.05, 0.1) is 11.4 Å². The first-order chi connectivity index (χ1) is 16.8. The Hall–Kier alpha value is -3.10. The molecule has 2 aliphatic rings. The highest BCUT2D eigenvalue weighted by molar-refractivity contribution is 5.85. The summed E-state index contributed by atoms with van der Waals surface area (Å²) in [6, 6.07) is 19.7. The van der Waals surface area contributed by atoms with Crippen LogP contribution in [0.15, 0.2) is 71.0 Å². The van der Waals surface area contributed by atoms with E-state index in [2.05, 4.69) is 20.1 Å². The smallest absolute Gasteiger partial charge is 0.119 e. The number of ether oxygens (including phenoxy) is 2. The molecular weight excluding hydrogens is 432 g/mol. The van der Waals surface area contributed by atoms with Crippen LogP contribution in [0.1, 0.15) is 25.7 Å². The summed E-state index contributed by atoms with van der Waals surface area (Å²) < 4.78 is 11.3. The molecule has 0 spiro atoms. The van der Waals surface area contributed by atoms with E-state index in [0.29, 0.717) is 13.2 Å². The second-order valence-corrected chi connectivity index (χ2v) is 8.34. The number of hydrogen-bond donors (Lipinski definition) is 2. The van der Waals surface area contributed by atoms with E-state index in [9.17, 15) is 0 Å².